The number of nitrogens with one attached hydrogen (secondary N) is 2. The van der Waals surface area contributed by atoms with Crippen LogP contribution in [0.15, 0.2) is 10.9 Å². The fraction of sp³-hybridized carbons (Fsp3) is 0.700. The van der Waals surface area contributed by atoms with Crippen molar-refractivity contribution in [3.8, 4) is 0 Å². The number of hydrogen-bond acceptors (Lipinski definition) is 4. The third kappa shape index (κ3) is 3.95. The molecule has 0 spiro atoms. The van der Waals surface area contributed by atoms with Gasteiger partial charge in [-0.1, -0.05) is 13.8 Å². The van der Waals surface area contributed by atoms with Crippen LogP contribution < -0.4 is 10.9 Å². The molecule has 1 fully saturated rings. The minimum atomic E-state index is -0.205. The van der Waals surface area contributed by atoms with Gasteiger partial charge >= 0.3 is 0 Å². The number of fused-ring (bicyclic) bond motifs is 1. The highest BCUT2D eigenvalue weighted by Crippen LogP contribution is 2.36. The Labute approximate surface area is 156 Å². The number of piperidine rings is 1. The van der Waals surface area contributed by atoms with Gasteiger partial charge in [0.05, 0.1) is 5.56 Å². The highest BCUT2D eigenvalue weighted by Gasteiger charge is 2.34. The molecule has 26 heavy (non-hydrogen) atoms. The van der Waals surface area contributed by atoms with Crippen LogP contribution in [0.2, 0.25) is 0 Å². The summed E-state index contributed by atoms with van der Waals surface area (Å²) in [5.41, 5.74) is 1.59. The first-order valence-electron chi connectivity index (χ1n) is 9.72. The van der Waals surface area contributed by atoms with E-state index in [1.54, 1.807) is 0 Å². The molecule has 0 atom stereocenters. The Balaban J connectivity index is 1.72. The normalized spacial score (nSPS) is 18.6. The monoisotopic (exact) mass is 360 g/mol. The van der Waals surface area contributed by atoms with E-state index in [2.05, 4.69) is 43.1 Å². The van der Waals surface area contributed by atoms with Crippen LogP contribution in [0.4, 0.5) is 5.82 Å². The molecule has 1 aromatic rings. The third-order valence-electron chi connectivity index (χ3n) is 5.90. The lowest BCUT2D eigenvalue weighted by Gasteiger charge is -2.42. The number of carbonyl (C=O) groups excluding carboxylic acids is 1. The van der Waals surface area contributed by atoms with Gasteiger partial charge in [-0.3, -0.25) is 9.59 Å². The first-order chi connectivity index (χ1) is 12.3. The fourth-order valence-corrected chi connectivity index (χ4v) is 4.65. The highest BCUT2D eigenvalue weighted by molar-refractivity contribution is 5.97. The van der Waals surface area contributed by atoms with Crippen LogP contribution in [0.5, 0.6) is 0 Å². The molecule has 1 saturated heterocycles. The van der Waals surface area contributed by atoms with E-state index in [1.807, 2.05) is 4.90 Å². The largest absolute Gasteiger partial charge is 0.371 e. The van der Waals surface area contributed by atoms with E-state index in [4.69, 9.17) is 0 Å². The van der Waals surface area contributed by atoms with Crippen molar-refractivity contribution < 1.29 is 4.79 Å². The van der Waals surface area contributed by atoms with E-state index >= 15 is 0 Å². The average molecular weight is 361 g/mol. The molecule has 3 heterocycles. The first-order valence-corrected chi connectivity index (χ1v) is 9.72. The van der Waals surface area contributed by atoms with E-state index in [1.165, 1.54) is 6.07 Å². The van der Waals surface area contributed by atoms with Crippen LogP contribution in [-0.4, -0.2) is 61.0 Å². The minimum absolute atomic E-state index is 0.0138. The third-order valence-corrected chi connectivity index (χ3v) is 5.90. The second kappa shape index (κ2) is 7.43. The maximum absolute atomic E-state index is 13.1. The number of aromatic amines is 1. The molecule has 0 radical (unpaired) electrons. The number of amides is 1. The van der Waals surface area contributed by atoms with Gasteiger partial charge in [0.2, 0.25) is 5.56 Å². The summed E-state index contributed by atoms with van der Waals surface area (Å²) in [6.07, 6.45) is 3.87. The molecule has 0 aliphatic carbocycles. The molecule has 2 aliphatic heterocycles. The van der Waals surface area contributed by atoms with Crippen LogP contribution in [0, 0.1) is 11.3 Å². The molecular weight excluding hydrogens is 328 g/mol. The van der Waals surface area contributed by atoms with Crippen molar-refractivity contribution in [2.24, 2.45) is 11.3 Å². The molecule has 2 N–H and O–H groups in total. The number of H-pyrrole nitrogens is 1. The highest BCUT2D eigenvalue weighted by atomic mass is 16.2. The Morgan fingerprint density at radius 3 is 2.65 bits per heavy atom. The SMILES string of the molecule is CN(C)CC(C)(C)C1CCN(C(=O)c2cc(=O)[nH]c3c2CCCN3)CC1. The van der Waals surface area contributed by atoms with Crippen LogP contribution in [0.3, 0.4) is 0 Å². The Bertz CT molecular complexity index is 715. The zero-order chi connectivity index (χ0) is 18.9. The summed E-state index contributed by atoms with van der Waals surface area (Å²) in [5, 5.41) is 3.22. The van der Waals surface area contributed by atoms with E-state index in [-0.39, 0.29) is 16.9 Å². The van der Waals surface area contributed by atoms with Crippen LogP contribution in [0.25, 0.3) is 0 Å². The molecule has 0 aromatic carbocycles. The number of anilines is 1. The van der Waals surface area contributed by atoms with Crippen LogP contribution >= 0.6 is 0 Å². The van der Waals surface area contributed by atoms with Gasteiger partial charge in [-0.05, 0) is 51.1 Å². The van der Waals surface area contributed by atoms with E-state index in [0.717, 1.165) is 63.2 Å². The summed E-state index contributed by atoms with van der Waals surface area (Å²) in [4.78, 5) is 32.1. The summed E-state index contributed by atoms with van der Waals surface area (Å²) in [7, 11) is 4.23. The summed E-state index contributed by atoms with van der Waals surface area (Å²) >= 11 is 0. The van der Waals surface area contributed by atoms with Crippen molar-refractivity contribution in [3.05, 3.63) is 27.5 Å². The molecule has 1 amide bonds. The number of likely N-dealkylation sites (tertiary alicyclic amines) is 1. The van der Waals surface area contributed by atoms with Crippen molar-refractivity contribution >= 4 is 11.7 Å². The van der Waals surface area contributed by atoms with E-state index < -0.39 is 0 Å². The topological polar surface area (TPSA) is 68.4 Å². The van der Waals surface area contributed by atoms with Gasteiger partial charge in [0.15, 0.2) is 0 Å². The number of nitrogens with zero attached hydrogens (tertiary/aromatic N) is 2. The van der Waals surface area contributed by atoms with Gasteiger partial charge in [-0.15, -0.1) is 0 Å². The van der Waals surface area contributed by atoms with Gasteiger partial charge in [0.25, 0.3) is 5.91 Å². The molecule has 144 valence electrons. The lowest BCUT2D eigenvalue weighted by molar-refractivity contribution is 0.0534. The Morgan fingerprint density at radius 1 is 1.31 bits per heavy atom. The molecule has 0 saturated carbocycles. The quantitative estimate of drug-likeness (QED) is 0.863. The number of hydrogen-bond donors (Lipinski definition) is 2. The van der Waals surface area contributed by atoms with E-state index in [9.17, 15) is 9.59 Å². The van der Waals surface area contributed by atoms with Gasteiger partial charge in [0.1, 0.15) is 5.82 Å². The molecule has 2 aliphatic rings. The average Bonchev–Trinajstić information content (AvgIpc) is 2.59. The maximum atomic E-state index is 13.1. The summed E-state index contributed by atoms with van der Waals surface area (Å²) in [6.45, 7) is 8.10. The predicted molar refractivity (Wildman–Crippen MR) is 105 cm³/mol. The van der Waals surface area contributed by atoms with Gasteiger partial charge in [0, 0.05) is 37.8 Å². The number of rotatable bonds is 4. The van der Waals surface area contributed by atoms with Gasteiger partial charge in [-0.25, -0.2) is 0 Å². The van der Waals surface area contributed by atoms with Crippen molar-refractivity contribution in [3.63, 3.8) is 0 Å². The van der Waals surface area contributed by atoms with E-state index in [0.29, 0.717) is 11.5 Å². The number of aromatic nitrogens is 1. The zero-order valence-electron chi connectivity index (χ0n) is 16.5. The molecule has 0 bridgehead atoms. The first kappa shape index (κ1) is 19.0. The van der Waals surface area contributed by atoms with Crippen LogP contribution in [-0.2, 0) is 6.42 Å². The second-order valence-electron chi connectivity index (χ2n) is 8.72. The fourth-order valence-electron chi connectivity index (χ4n) is 4.65. The Morgan fingerprint density at radius 2 is 2.00 bits per heavy atom. The summed E-state index contributed by atoms with van der Waals surface area (Å²) in [6, 6.07) is 1.48. The van der Waals surface area contributed by atoms with Gasteiger partial charge < -0.3 is 20.1 Å². The zero-order valence-corrected chi connectivity index (χ0v) is 16.5. The van der Waals surface area contributed by atoms with Gasteiger partial charge in [-0.2, -0.15) is 0 Å². The standard InChI is InChI=1S/C20H32N4O2/c1-20(2,13-23(3)4)14-7-10-24(11-8-14)19(26)16-12-17(25)22-18-15(16)6-5-9-21-18/h12,14H,5-11,13H2,1-4H3,(H2,21,22,25). The molecule has 0 unspecified atom stereocenters. The lowest BCUT2D eigenvalue weighted by atomic mass is 9.73. The molecule has 6 nitrogen and oxygen atoms in total. The number of carbonyl (C=O) groups is 1. The Kier molecular flexibility index (Phi) is 5.42. The lowest BCUT2D eigenvalue weighted by Crippen LogP contribution is -2.45. The Hall–Kier alpha value is -1.82. The minimum Gasteiger partial charge on any atom is -0.371 e. The molecule has 3 rings (SSSR count). The second-order valence-corrected chi connectivity index (χ2v) is 8.72. The van der Waals surface area contributed by atoms with Crippen molar-refractivity contribution in [2.45, 2.75) is 39.5 Å². The molecule has 6 heteroatoms. The molecule has 1 aromatic heterocycles. The van der Waals surface area contributed by atoms with Crippen molar-refractivity contribution in [1.82, 2.24) is 14.8 Å². The van der Waals surface area contributed by atoms with Crippen molar-refractivity contribution in [2.75, 3.05) is 45.6 Å². The summed E-state index contributed by atoms with van der Waals surface area (Å²) in [5.74, 6) is 1.36. The summed E-state index contributed by atoms with van der Waals surface area (Å²) < 4.78 is 0. The smallest absolute Gasteiger partial charge is 0.254 e. The number of pyridine rings is 1. The molecular formula is C20H32N4O2. The predicted octanol–water partition coefficient (Wildman–Crippen LogP) is 2.17. The van der Waals surface area contributed by atoms with Crippen molar-refractivity contribution in [1.29, 1.82) is 0 Å². The maximum Gasteiger partial charge on any atom is 0.254 e. The van der Waals surface area contributed by atoms with Crippen LogP contribution in [0.1, 0.15) is 49.0 Å².